The van der Waals surface area contributed by atoms with E-state index in [-0.39, 0.29) is 12.4 Å². The largest absolute Gasteiger partial charge is 0.389 e. The molecular weight excluding hydrogens is 294 g/mol. The standard InChI is InChI=1S/C14H14ClN3O3/c1-10(19)9-17-13(16-8-14(17)18(20)21)7-4-11-2-5-12(15)6-3-11/h2-8,10,19H,9H2,1H3/b7-4+. The average Bonchev–Trinajstić information content (AvgIpc) is 2.80. The Hall–Kier alpha value is -2.18. The lowest BCUT2D eigenvalue weighted by molar-refractivity contribution is -0.392. The number of hydrogen-bond acceptors (Lipinski definition) is 4. The fraction of sp³-hybridized carbons (Fsp3) is 0.214. The molecule has 0 aliphatic carbocycles. The minimum Gasteiger partial charge on any atom is -0.389 e. The summed E-state index contributed by atoms with van der Waals surface area (Å²) in [7, 11) is 0. The van der Waals surface area contributed by atoms with E-state index in [0.717, 1.165) is 5.56 Å². The van der Waals surface area contributed by atoms with Crippen LogP contribution in [0.4, 0.5) is 5.82 Å². The molecule has 0 aliphatic rings. The number of hydrogen-bond donors (Lipinski definition) is 1. The second-order valence-electron chi connectivity index (χ2n) is 4.58. The van der Waals surface area contributed by atoms with Crippen molar-refractivity contribution in [3.8, 4) is 0 Å². The molecule has 0 radical (unpaired) electrons. The summed E-state index contributed by atoms with van der Waals surface area (Å²) in [6.07, 6.45) is 3.92. The fourth-order valence-electron chi connectivity index (χ4n) is 1.86. The third-order valence-corrected chi connectivity index (χ3v) is 3.05. The number of nitrogens with zero attached hydrogens (tertiary/aromatic N) is 3. The molecule has 1 heterocycles. The van der Waals surface area contributed by atoms with Crippen LogP contribution in [-0.2, 0) is 6.54 Å². The van der Waals surface area contributed by atoms with Gasteiger partial charge in [-0.25, -0.2) is 9.55 Å². The second kappa shape index (κ2) is 6.51. The van der Waals surface area contributed by atoms with Gasteiger partial charge >= 0.3 is 5.82 Å². The first-order chi connectivity index (χ1) is 9.97. The lowest BCUT2D eigenvalue weighted by Gasteiger charge is -2.04. The van der Waals surface area contributed by atoms with Crippen LogP contribution >= 0.6 is 11.6 Å². The lowest BCUT2D eigenvalue weighted by atomic mass is 10.2. The van der Waals surface area contributed by atoms with Gasteiger partial charge in [0.25, 0.3) is 0 Å². The molecule has 2 rings (SSSR count). The zero-order valence-corrected chi connectivity index (χ0v) is 12.1. The number of aliphatic hydroxyl groups excluding tert-OH is 1. The molecule has 0 saturated carbocycles. The molecule has 0 bridgehead atoms. The highest BCUT2D eigenvalue weighted by molar-refractivity contribution is 6.30. The van der Waals surface area contributed by atoms with Gasteiger partial charge in [-0.3, -0.25) is 0 Å². The zero-order valence-electron chi connectivity index (χ0n) is 11.3. The van der Waals surface area contributed by atoms with E-state index in [1.54, 1.807) is 31.2 Å². The number of benzene rings is 1. The topological polar surface area (TPSA) is 81.2 Å². The van der Waals surface area contributed by atoms with E-state index in [1.165, 1.54) is 10.8 Å². The lowest BCUT2D eigenvalue weighted by Crippen LogP contribution is -2.14. The number of halogens is 1. The van der Waals surface area contributed by atoms with Gasteiger partial charge in [-0.2, -0.15) is 0 Å². The Morgan fingerprint density at radius 1 is 1.43 bits per heavy atom. The second-order valence-corrected chi connectivity index (χ2v) is 5.01. The Morgan fingerprint density at radius 3 is 2.67 bits per heavy atom. The molecule has 0 saturated heterocycles. The summed E-state index contributed by atoms with van der Waals surface area (Å²) in [5.74, 6) is 0.268. The maximum absolute atomic E-state index is 11.0. The average molecular weight is 308 g/mol. The SMILES string of the molecule is CC(O)Cn1c([N+](=O)[O-])cnc1/C=C/c1ccc(Cl)cc1. The van der Waals surface area contributed by atoms with Crippen molar-refractivity contribution in [3.05, 3.63) is 57.0 Å². The minimum absolute atomic E-state index is 0.108. The molecular formula is C14H14ClN3O3. The van der Waals surface area contributed by atoms with E-state index >= 15 is 0 Å². The van der Waals surface area contributed by atoms with Crippen molar-refractivity contribution in [2.75, 3.05) is 0 Å². The minimum atomic E-state index is -0.708. The van der Waals surface area contributed by atoms with Crippen molar-refractivity contribution in [2.24, 2.45) is 0 Å². The van der Waals surface area contributed by atoms with Crippen molar-refractivity contribution in [1.29, 1.82) is 0 Å². The van der Waals surface area contributed by atoms with Crippen LogP contribution < -0.4 is 0 Å². The fourth-order valence-corrected chi connectivity index (χ4v) is 1.98. The predicted octanol–water partition coefficient (Wildman–Crippen LogP) is 3.00. The monoisotopic (exact) mass is 307 g/mol. The molecule has 0 aliphatic heterocycles. The van der Waals surface area contributed by atoms with Crippen LogP contribution in [0.15, 0.2) is 30.5 Å². The number of aliphatic hydroxyl groups is 1. The van der Waals surface area contributed by atoms with Crippen LogP contribution in [-0.4, -0.2) is 25.7 Å². The molecule has 0 spiro atoms. The smallest absolute Gasteiger partial charge is 0.343 e. The molecule has 6 nitrogen and oxygen atoms in total. The molecule has 2 aromatic rings. The molecule has 0 amide bonds. The van der Waals surface area contributed by atoms with Crippen LogP contribution in [0.3, 0.4) is 0 Å². The number of rotatable bonds is 5. The Labute approximate surface area is 126 Å². The van der Waals surface area contributed by atoms with Gasteiger partial charge in [0.15, 0.2) is 0 Å². The van der Waals surface area contributed by atoms with Crippen LogP contribution in [0.1, 0.15) is 18.3 Å². The van der Waals surface area contributed by atoms with Gasteiger partial charge in [-0.1, -0.05) is 23.7 Å². The van der Waals surface area contributed by atoms with Crippen LogP contribution in [0, 0.1) is 10.1 Å². The molecule has 1 N–H and O–H groups in total. The third-order valence-electron chi connectivity index (χ3n) is 2.79. The summed E-state index contributed by atoms with van der Waals surface area (Å²) >= 11 is 5.81. The normalized spacial score (nSPS) is 12.7. The summed E-state index contributed by atoms with van der Waals surface area (Å²) < 4.78 is 1.37. The highest BCUT2D eigenvalue weighted by atomic mass is 35.5. The Morgan fingerprint density at radius 2 is 2.10 bits per heavy atom. The highest BCUT2D eigenvalue weighted by Gasteiger charge is 2.19. The van der Waals surface area contributed by atoms with Crippen molar-refractivity contribution < 1.29 is 10.0 Å². The van der Waals surface area contributed by atoms with Gasteiger partial charge in [-0.15, -0.1) is 0 Å². The first kappa shape index (κ1) is 15.2. The van der Waals surface area contributed by atoms with E-state index in [0.29, 0.717) is 10.8 Å². The van der Waals surface area contributed by atoms with E-state index in [9.17, 15) is 15.2 Å². The zero-order chi connectivity index (χ0) is 15.4. The first-order valence-electron chi connectivity index (χ1n) is 6.29. The summed E-state index contributed by atoms with van der Waals surface area (Å²) in [6.45, 7) is 1.67. The van der Waals surface area contributed by atoms with E-state index in [1.807, 2.05) is 12.1 Å². The van der Waals surface area contributed by atoms with Gasteiger partial charge in [0.2, 0.25) is 5.82 Å². The maximum atomic E-state index is 11.0. The Balaban J connectivity index is 2.30. The molecule has 1 atom stereocenters. The number of imidazole rings is 1. The number of aromatic nitrogens is 2. The molecule has 1 aromatic heterocycles. The van der Waals surface area contributed by atoms with E-state index in [4.69, 9.17) is 11.6 Å². The van der Waals surface area contributed by atoms with Crippen LogP contribution in [0.2, 0.25) is 5.02 Å². The third kappa shape index (κ3) is 3.90. The quantitative estimate of drug-likeness (QED) is 0.680. The first-order valence-corrected chi connectivity index (χ1v) is 6.67. The van der Waals surface area contributed by atoms with Crippen molar-refractivity contribution >= 4 is 29.6 Å². The number of nitro groups is 1. The molecule has 110 valence electrons. The van der Waals surface area contributed by atoms with Gasteiger partial charge in [0.05, 0.1) is 6.10 Å². The molecule has 1 aromatic carbocycles. The van der Waals surface area contributed by atoms with Crippen molar-refractivity contribution in [1.82, 2.24) is 9.55 Å². The summed E-state index contributed by atoms with van der Waals surface area (Å²) in [4.78, 5) is 14.5. The summed E-state index contributed by atoms with van der Waals surface area (Å²) in [5.41, 5.74) is 0.897. The van der Waals surface area contributed by atoms with Crippen LogP contribution in [0.25, 0.3) is 12.2 Å². The summed E-state index contributed by atoms with van der Waals surface area (Å²) in [6, 6.07) is 7.17. The van der Waals surface area contributed by atoms with Gasteiger partial charge in [0, 0.05) is 11.1 Å². The van der Waals surface area contributed by atoms with E-state index in [2.05, 4.69) is 4.98 Å². The van der Waals surface area contributed by atoms with Crippen molar-refractivity contribution in [3.63, 3.8) is 0 Å². The summed E-state index contributed by atoms with van der Waals surface area (Å²) in [5, 5.41) is 21.1. The molecule has 21 heavy (non-hydrogen) atoms. The Bertz CT molecular complexity index is 663. The molecule has 1 unspecified atom stereocenters. The van der Waals surface area contributed by atoms with Gasteiger partial charge < -0.3 is 15.2 Å². The van der Waals surface area contributed by atoms with Gasteiger partial charge in [-0.05, 0) is 35.6 Å². The Kier molecular flexibility index (Phi) is 4.72. The predicted molar refractivity (Wildman–Crippen MR) is 80.9 cm³/mol. The highest BCUT2D eigenvalue weighted by Crippen LogP contribution is 2.18. The van der Waals surface area contributed by atoms with Gasteiger partial charge in [0.1, 0.15) is 12.7 Å². The molecule has 7 heteroatoms. The maximum Gasteiger partial charge on any atom is 0.343 e. The van der Waals surface area contributed by atoms with E-state index < -0.39 is 11.0 Å². The van der Waals surface area contributed by atoms with Crippen molar-refractivity contribution in [2.45, 2.75) is 19.6 Å². The molecule has 0 fully saturated rings. The van der Waals surface area contributed by atoms with Crippen LogP contribution in [0.5, 0.6) is 0 Å².